The topological polar surface area (TPSA) is 76.5 Å². The number of carbonyl (C=O) groups excluding carboxylic acids is 2. The minimum atomic E-state index is -0.666. The molecule has 2 aromatic rings. The van der Waals surface area contributed by atoms with Crippen LogP contribution in [-0.2, 0) is 16.1 Å². The molecule has 0 aliphatic carbocycles. The molecule has 1 aliphatic heterocycles. The molecule has 1 aromatic heterocycles. The summed E-state index contributed by atoms with van der Waals surface area (Å²) in [5.41, 5.74) is 0.550. The van der Waals surface area contributed by atoms with Gasteiger partial charge in [0.2, 0.25) is 5.91 Å². The summed E-state index contributed by atoms with van der Waals surface area (Å²) in [5.74, 6) is -1.22. The number of hydrogen-bond acceptors (Lipinski definition) is 4. The van der Waals surface area contributed by atoms with Gasteiger partial charge in [0.1, 0.15) is 12.4 Å². The van der Waals surface area contributed by atoms with E-state index in [1.807, 2.05) is 0 Å². The molecule has 2 amide bonds. The number of nitrogens with one attached hydrogen (secondary N) is 1. The van der Waals surface area contributed by atoms with Crippen molar-refractivity contribution in [2.24, 2.45) is 0 Å². The van der Waals surface area contributed by atoms with Crippen LogP contribution in [-0.4, -0.2) is 52.8 Å². The maximum absolute atomic E-state index is 13.4. The Morgan fingerprint density at radius 3 is 2.80 bits per heavy atom. The summed E-state index contributed by atoms with van der Waals surface area (Å²) >= 11 is 5.60. The normalized spacial score (nSPS) is 14.4. The van der Waals surface area contributed by atoms with E-state index in [0.717, 1.165) is 6.07 Å². The van der Waals surface area contributed by atoms with E-state index < -0.39 is 11.7 Å². The van der Waals surface area contributed by atoms with Crippen molar-refractivity contribution < 1.29 is 18.7 Å². The van der Waals surface area contributed by atoms with Crippen LogP contribution in [0.5, 0.6) is 0 Å². The number of anilines is 1. The number of benzene rings is 1. The van der Waals surface area contributed by atoms with Crippen molar-refractivity contribution in [2.75, 3.05) is 31.6 Å². The smallest absolute Gasteiger partial charge is 0.255 e. The number of ether oxygens (including phenoxy) is 1. The molecule has 0 atom stereocenters. The molecule has 0 bridgehead atoms. The lowest BCUT2D eigenvalue weighted by molar-refractivity contribution is -0.136. The average Bonchev–Trinajstić information content (AvgIpc) is 3.04. The van der Waals surface area contributed by atoms with E-state index in [9.17, 15) is 14.0 Å². The Morgan fingerprint density at radius 1 is 1.32 bits per heavy atom. The van der Waals surface area contributed by atoms with Crippen LogP contribution in [0.4, 0.5) is 10.1 Å². The number of hydrogen-bond donors (Lipinski definition) is 1. The fourth-order valence-electron chi connectivity index (χ4n) is 2.41. The van der Waals surface area contributed by atoms with Gasteiger partial charge in [0.25, 0.3) is 5.91 Å². The highest BCUT2D eigenvalue weighted by Gasteiger charge is 2.17. The monoisotopic (exact) mass is 366 g/mol. The Morgan fingerprint density at radius 2 is 2.08 bits per heavy atom. The third kappa shape index (κ3) is 4.34. The minimum Gasteiger partial charge on any atom is -0.378 e. The Hall–Kier alpha value is -2.45. The summed E-state index contributed by atoms with van der Waals surface area (Å²) in [6.07, 6.45) is 2.97. The fraction of sp³-hybridized carbons (Fsp3) is 0.312. The molecule has 1 saturated heterocycles. The van der Waals surface area contributed by atoms with Crippen LogP contribution < -0.4 is 5.32 Å². The molecule has 2 heterocycles. The van der Waals surface area contributed by atoms with Crippen molar-refractivity contribution in [3.05, 3.63) is 47.0 Å². The second-order valence-corrected chi connectivity index (χ2v) is 5.91. The Kier molecular flexibility index (Phi) is 5.30. The Labute approximate surface area is 148 Å². The summed E-state index contributed by atoms with van der Waals surface area (Å²) in [5, 5.41) is 6.61. The van der Waals surface area contributed by atoms with Crippen LogP contribution in [0.25, 0.3) is 0 Å². The third-order valence-electron chi connectivity index (χ3n) is 3.73. The molecule has 0 unspecified atom stereocenters. The van der Waals surface area contributed by atoms with Crippen molar-refractivity contribution in [1.82, 2.24) is 14.7 Å². The predicted octanol–water partition coefficient (Wildman–Crippen LogP) is 1.79. The second kappa shape index (κ2) is 7.62. The van der Waals surface area contributed by atoms with Crippen LogP contribution >= 0.6 is 11.6 Å². The van der Waals surface area contributed by atoms with Gasteiger partial charge < -0.3 is 15.0 Å². The van der Waals surface area contributed by atoms with E-state index in [0.29, 0.717) is 32.0 Å². The molecule has 0 spiro atoms. The molecule has 132 valence electrons. The first-order chi connectivity index (χ1) is 12.0. The third-order valence-corrected chi connectivity index (χ3v) is 4.04. The summed E-state index contributed by atoms with van der Waals surface area (Å²) in [6.45, 7) is 2.26. The average molecular weight is 367 g/mol. The molecule has 7 nitrogen and oxygen atoms in total. The number of nitrogens with zero attached hydrogens (tertiary/aromatic N) is 3. The maximum atomic E-state index is 13.4. The summed E-state index contributed by atoms with van der Waals surface area (Å²) < 4.78 is 20.1. The van der Waals surface area contributed by atoms with Gasteiger partial charge in [-0.25, -0.2) is 4.39 Å². The highest BCUT2D eigenvalue weighted by atomic mass is 35.5. The zero-order chi connectivity index (χ0) is 17.8. The standard InChI is InChI=1S/C16H16ClFN4O3/c17-13-2-1-11(7-14(13)18)16(24)20-12-8-19-22(9-12)10-15(23)21-3-5-25-6-4-21/h1-2,7-9H,3-6,10H2,(H,20,24). The highest BCUT2D eigenvalue weighted by Crippen LogP contribution is 2.17. The van der Waals surface area contributed by atoms with Gasteiger partial charge >= 0.3 is 0 Å². The van der Waals surface area contributed by atoms with Gasteiger partial charge in [0, 0.05) is 24.8 Å². The SMILES string of the molecule is O=C(Nc1cnn(CC(=O)N2CCOCC2)c1)c1ccc(Cl)c(F)c1. The van der Waals surface area contributed by atoms with E-state index in [1.165, 1.54) is 23.0 Å². The second-order valence-electron chi connectivity index (χ2n) is 5.50. The molecule has 0 radical (unpaired) electrons. The van der Waals surface area contributed by atoms with E-state index >= 15 is 0 Å². The Balaban J connectivity index is 1.60. The minimum absolute atomic E-state index is 0.0500. The molecular weight excluding hydrogens is 351 g/mol. The summed E-state index contributed by atoms with van der Waals surface area (Å²) in [7, 11) is 0. The fourth-order valence-corrected chi connectivity index (χ4v) is 2.52. The predicted molar refractivity (Wildman–Crippen MR) is 89.0 cm³/mol. The number of carbonyl (C=O) groups is 2. The van der Waals surface area contributed by atoms with Crippen molar-refractivity contribution in [2.45, 2.75) is 6.54 Å². The number of amides is 2. The summed E-state index contributed by atoms with van der Waals surface area (Å²) in [4.78, 5) is 26.0. The van der Waals surface area contributed by atoms with Crippen molar-refractivity contribution in [1.29, 1.82) is 0 Å². The molecule has 1 N–H and O–H groups in total. The van der Waals surface area contributed by atoms with E-state index in [1.54, 1.807) is 11.1 Å². The maximum Gasteiger partial charge on any atom is 0.255 e. The van der Waals surface area contributed by atoms with Crippen molar-refractivity contribution >= 4 is 29.1 Å². The van der Waals surface area contributed by atoms with E-state index in [2.05, 4.69) is 10.4 Å². The Bertz CT molecular complexity index is 789. The molecule has 3 rings (SSSR count). The van der Waals surface area contributed by atoms with E-state index in [4.69, 9.17) is 16.3 Å². The number of halogens is 2. The van der Waals surface area contributed by atoms with Gasteiger partial charge in [0.15, 0.2) is 0 Å². The number of morpholine rings is 1. The van der Waals surface area contributed by atoms with Gasteiger partial charge in [-0.2, -0.15) is 5.10 Å². The zero-order valence-corrected chi connectivity index (χ0v) is 14.0. The largest absolute Gasteiger partial charge is 0.378 e. The van der Waals surface area contributed by atoms with Crippen LogP contribution in [0.2, 0.25) is 5.02 Å². The van der Waals surface area contributed by atoms with Crippen LogP contribution in [0.3, 0.4) is 0 Å². The first-order valence-corrected chi connectivity index (χ1v) is 8.05. The van der Waals surface area contributed by atoms with Crippen molar-refractivity contribution in [3.63, 3.8) is 0 Å². The number of rotatable bonds is 4. The molecular formula is C16H16ClFN4O3. The van der Waals surface area contributed by atoms with Crippen LogP contribution in [0, 0.1) is 5.82 Å². The molecule has 1 fully saturated rings. The molecule has 0 saturated carbocycles. The number of aromatic nitrogens is 2. The lowest BCUT2D eigenvalue weighted by atomic mass is 10.2. The molecule has 1 aromatic carbocycles. The lowest BCUT2D eigenvalue weighted by Crippen LogP contribution is -2.42. The highest BCUT2D eigenvalue weighted by molar-refractivity contribution is 6.30. The van der Waals surface area contributed by atoms with Crippen LogP contribution in [0.1, 0.15) is 10.4 Å². The van der Waals surface area contributed by atoms with Gasteiger partial charge in [0.05, 0.1) is 30.1 Å². The first kappa shape index (κ1) is 17.4. The van der Waals surface area contributed by atoms with E-state index in [-0.39, 0.29) is 23.0 Å². The zero-order valence-electron chi connectivity index (χ0n) is 13.2. The molecule has 1 aliphatic rings. The molecule has 9 heteroatoms. The van der Waals surface area contributed by atoms with Gasteiger partial charge in [-0.1, -0.05) is 11.6 Å². The summed E-state index contributed by atoms with van der Waals surface area (Å²) in [6, 6.07) is 3.80. The van der Waals surface area contributed by atoms with Gasteiger partial charge in [-0.3, -0.25) is 14.3 Å². The first-order valence-electron chi connectivity index (χ1n) is 7.67. The quantitative estimate of drug-likeness (QED) is 0.895. The van der Waals surface area contributed by atoms with Gasteiger partial charge in [-0.15, -0.1) is 0 Å². The molecule has 25 heavy (non-hydrogen) atoms. The van der Waals surface area contributed by atoms with Crippen molar-refractivity contribution in [3.8, 4) is 0 Å². The lowest BCUT2D eigenvalue weighted by Gasteiger charge is -2.26. The van der Waals surface area contributed by atoms with Gasteiger partial charge in [-0.05, 0) is 18.2 Å². The van der Waals surface area contributed by atoms with Crippen LogP contribution in [0.15, 0.2) is 30.6 Å².